The van der Waals surface area contributed by atoms with Gasteiger partial charge in [-0.2, -0.15) is 19.6 Å². The first kappa shape index (κ1) is 30.0. The van der Waals surface area contributed by atoms with Crippen LogP contribution >= 0.6 is 0 Å². The number of carbonyl (C=O) groups excluding carboxylic acids is 1. The van der Waals surface area contributed by atoms with Crippen molar-refractivity contribution in [3.8, 4) is 16.9 Å². The van der Waals surface area contributed by atoms with Crippen molar-refractivity contribution in [2.45, 2.75) is 69.3 Å². The summed E-state index contributed by atoms with van der Waals surface area (Å²) in [6, 6.07) is 13.5. The van der Waals surface area contributed by atoms with E-state index < -0.39 is 9.84 Å². The van der Waals surface area contributed by atoms with Crippen molar-refractivity contribution in [1.29, 1.82) is 0 Å². The highest BCUT2D eigenvalue weighted by Gasteiger charge is 2.28. The Balaban J connectivity index is 1.42. The third kappa shape index (κ3) is 6.56. The van der Waals surface area contributed by atoms with Gasteiger partial charge in [0.25, 0.3) is 11.1 Å². The van der Waals surface area contributed by atoms with Crippen LogP contribution in [0.5, 0.6) is 5.75 Å². The maximum Gasteiger partial charge on any atom is 0.252 e. The van der Waals surface area contributed by atoms with E-state index >= 15 is 0 Å². The Morgan fingerprint density at radius 1 is 1.07 bits per heavy atom. The molecule has 2 fully saturated rings. The van der Waals surface area contributed by atoms with E-state index in [0.717, 1.165) is 67.2 Å². The summed E-state index contributed by atoms with van der Waals surface area (Å²) < 4.78 is 32.7. The molecule has 0 unspecified atom stereocenters. The van der Waals surface area contributed by atoms with Crippen LogP contribution in [0.2, 0.25) is 0 Å². The molecule has 0 aliphatic heterocycles. The van der Waals surface area contributed by atoms with Crippen LogP contribution in [-0.2, 0) is 16.4 Å². The van der Waals surface area contributed by atoms with Crippen molar-refractivity contribution < 1.29 is 23.1 Å². The van der Waals surface area contributed by atoms with Crippen LogP contribution in [0.4, 0.5) is 5.95 Å². The topological polar surface area (TPSA) is 139 Å². The number of anilines is 1. The van der Waals surface area contributed by atoms with E-state index in [4.69, 9.17) is 4.74 Å². The van der Waals surface area contributed by atoms with Crippen LogP contribution in [-0.4, -0.2) is 71.1 Å². The van der Waals surface area contributed by atoms with Crippen molar-refractivity contribution in [1.82, 2.24) is 24.9 Å². The summed E-state index contributed by atoms with van der Waals surface area (Å²) in [5, 5.41) is 17.5. The maximum absolute atomic E-state index is 12.9. The number of aliphatic hydroxyl groups is 1. The average molecular weight is 619 g/mol. The molecule has 12 heteroatoms. The molecule has 2 aliphatic rings. The zero-order chi connectivity index (χ0) is 31.0. The van der Waals surface area contributed by atoms with Gasteiger partial charge in [-0.25, -0.2) is 8.42 Å². The number of ether oxygens (including phenoxy) is 1. The Hall–Kier alpha value is -4.03. The van der Waals surface area contributed by atoms with Crippen molar-refractivity contribution in [3.05, 3.63) is 65.4 Å². The number of nitrogens with one attached hydrogen (secondary N) is 1. The van der Waals surface area contributed by atoms with E-state index in [1.54, 1.807) is 23.9 Å². The Bertz CT molecular complexity index is 1780. The Kier molecular flexibility index (Phi) is 8.30. The van der Waals surface area contributed by atoms with Gasteiger partial charge in [0, 0.05) is 36.5 Å². The molecule has 6 rings (SSSR count). The monoisotopic (exact) mass is 618 g/mol. The third-order valence-corrected chi connectivity index (χ3v) is 9.31. The van der Waals surface area contributed by atoms with Gasteiger partial charge in [0.15, 0.2) is 5.65 Å². The van der Waals surface area contributed by atoms with Gasteiger partial charge in [-0.3, -0.25) is 4.79 Å². The molecule has 2 N–H and O–H groups in total. The van der Waals surface area contributed by atoms with Gasteiger partial charge >= 0.3 is 0 Å². The Labute approximate surface area is 257 Å². The number of nitrogens with zero attached hydrogens (tertiary/aromatic N) is 5. The molecular weight excluding hydrogens is 580 g/mol. The van der Waals surface area contributed by atoms with E-state index in [9.17, 15) is 18.3 Å². The molecule has 2 heterocycles. The molecule has 0 saturated heterocycles. The molecule has 11 nitrogen and oxygen atoms in total. The highest BCUT2D eigenvalue weighted by molar-refractivity contribution is 7.90. The molecule has 1 amide bonds. The lowest BCUT2D eigenvalue weighted by atomic mass is 9.87. The smallest absolute Gasteiger partial charge is 0.252 e. The van der Waals surface area contributed by atoms with Gasteiger partial charge in [0.1, 0.15) is 5.75 Å². The second-order valence-corrected chi connectivity index (χ2v) is 14.0. The molecule has 0 radical (unpaired) electrons. The summed E-state index contributed by atoms with van der Waals surface area (Å²) in [5.41, 5.74) is 4.18. The molecule has 0 atom stereocenters. The fourth-order valence-electron chi connectivity index (χ4n) is 5.80. The van der Waals surface area contributed by atoms with Crippen molar-refractivity contribution in [2.75, 3.05) is 24.8 Å². The quantitative estimate of drug-likeness (QED) is 0.270. The fraction of sp³-hybridized carbons (Fsp3) is 0.438. The molecule has 4 aromatic rings. The van der Waals surface area contributed by atoms with Crippen LogP contribution in [0.1, 0.15) is 60.0 Å². The number of methoxy groups -OCH3 is 1. The zero-order valence-electron chi connectivity index (χ0n) is 25.2. The second kappa shape index (κ2) is 12.2. The number of fused-ring (bicyclic) bond motifs is 1. The summed E-state index contributed by atoms with van der Waals surface area (Å²) >= 11 is 0. The molecule has 44 heavy (non-hydrogen) atoms. The summed E-state index contributed by atoms with van der Waals surface area (Å²) in [4.78, 5) is 23.9. The zero-order valence-corrected chi connectivity index (χ0v) is 26.0. The number of aromatic nitrogens is 4. The second-order valence-electron chi connectivity index (χ2n) is 12.1. The normalized spacial score (nSPS) is 18.7. The maximum atomic E-state index is 12.9. The van der Waals surface area contributed by atoms with Gasteiger partial charge in [0.2, 0.25) is 15.8 Å². The van der Waals surface area contributed by atoms with E-state index in [1.807, 2.05) is 43.3 Å². The highest BCUT2D eigenvalue weighted by atomic mass is 32.2. The van der Waals surface area contributed by atoms with Gasteiger partial charge in [0.05, 0.1) is 19.4 Å². The standard InChI is InChI=1S/C32H38N6O5S/c1-20-16-23(8-15-27(20)30(40)34-24-9-10-24)28-17-33-38-29(28)35-31(44(3,41)42)36-32(38)37(18-21-4-11-25(39)12-5-21)19-22-6-13-26(43-2)14-7-22/h6-8,13-17,21,24-25,39H,4-5,9-12,18-19H2,1-3H3,(H,34,40)/t21-,25+. The third-order valence-electron chi connectivity index (χ3n) is 8.47. The average Bonchev–Trinajstić information content (AvgIpc) is 3.71. The minimum absolute atomic E-state index is 0.0928. The SMILES string of the molecule is COc1ccc(CN(C[C@H]2CC[C@@H](O)CC2)c2nc(S(C)(=O)=O)nc3c(-c4ccc(C(=O)NC5CC5)c(C)c4)cnn23)cc1. The first-order chi connectivity index (χ1) is 21.1. The molecular formula is C32H38N6O5S. The van der Waals surface area contributed by atoms with Crippen LogP contribution in [0.25, 0.3) is 16.8 Å². The minimum Gasteiger partial charge on any atom is -0.497 e. The number of aryl methyl sites for hydroxylation is 1. The van der Waals surface area contributed by atoms with Crippen molar-refractivity contribution in [3.63, 3.8) is 0 Å². The number of amides is 1. The lowest BCUT2D eigenvalue weighted by Crippen LogP contribution is -2.34. The number of rotatable bonds is 10. The van der Waals surface area contributed by atoms with E-state index in [-0.39, 0.29) is 29.1 Å². The predicted octanol–water partition coefficient (Wildman–Crippen LogP) is 3.96. The van der Waals surface area contributed by atoms with Crippen LogP contribution < -0.4 is 15.0 Å². The van der Waals surface area contributed by atoms with E-state index in [1.165, 1.54) is 0 Å². The van der Waals surface area contributed by atoms with Crippen LogP contribution in [0.15, 0.2) is 53.8 Å². The lowest BCUT2D eigenvalue weighted by molar-refractivity contribution is 0.0950. The van der Waals surface area contributed by atoms with E-state index in [0.29, 0.717) is 35.8 Å². The number of hydrogen-bond acceptors (Lipinski definition) is 9. The molecule has 0 bridgehead atoms. The number of aliphatic hydroxyl groups excluding tert-OH is 1. The number of sulfone groups is 1. The fourth-order valence-corrected chi connectivity index (χ4v) is 6.30. The van der Waals surface area contributed by atoms with Crippen LogP contribution in [0.3, 0.4) is 0 Å². The molecule has 2 saturated carbocycles. The molecule has 2 aromatic carbocycles. The van der Waals surface area contributed by atoms with Crippen LogP contribution in [0, 0.1) is 12.8 Å². The molecule has 2 aliphatic carbocycles. The van der Waals surface area contributed by atoms with Gasteiger partial charge in [-0.05, 0) is 86.3 Å². The largest absolute Gasteiger partial charge is 0.497 e. The van der Waals surface area contributed by atoms with Gasteiger partial charge in [-0.15, -0.1) is 0 Å². The first-order valence-corrected chi connectivity index (χ1v) is 16.9. The summed E-state index contributed by atoms with van der Waals surface area (Å²) in [6.07, 6.45) is 7.68. The predicted molar refractivity (Wildman–Crippen MR) is 167 cm³/mol. The number of hydrogen-bond donors (Lipinski definition) is 2. The lowest BCUT2D eigenvalue weighted by Gasteiger charge is -2.32. The first-order valence-electron chi connectivity index (χ1n) is 15.0. The molecule has 0 spiro atoms. The minimum atomic E-state index is -3.77. The van der Waals surface area contributed by atoms with Gasteiger partial charge < -0.3 is 20.1 Å². The van der Waals surface area contributed by atoms with Crippen molar-refractivity contribution >= 4 is 27.3 Å². The van der Waals surface area contributed by atoms with E-state index in [2.05, 4.69) is 25.3 Å². The summed E-state index contributed by atoms with van der Waals surface area (Å²) in [5.74, 6) is 1.31. The molecule has 232 valence electrons. The summed E-state index contributed by atoms with van der Waals surface area (Å²) in [6.45, 7) is 2.95. The Morgan fingerprint density at radius 2 is 1.80 bits per heavy atom. The van der Waals surface area contributed by atoms with Crippen molar-refractivity contribution in [2.24, 2.45) is 5.92 Å². The number of carbonyl (C=O) groups is 1. The number of benzene rings is 2. The molecule has 2 aromatic heterocycles. The highest BCUT2D eigenvalue weighted by Crippen LogP contribution is 2.32. The van der Waals surface area contributed by atoms with Gasteiger partial charge in [-0.1, -0.05) is 24.3 Å². The summed E-state index contributed by atoms with van der Waals surface area (Å²) in [7, 11) is -2.15. The Morgan fingerprint density at radius 3 is 2.43 bits per heavy atom.